The Balaban J connectivity index is 1.68. The Morgan fingerprint density at radius 3 is 2.79 bits per heavy atom. The Morgan fingerprint density at radius 1 is 1.21 bits per heavy atom. The fraction of sp³-hybridized carbons (Fsp3) is 0.200. The van der Waals surface area contributed by atoms with Crippen molar-refractivity contribution in [1.29, 1.82) is 0 Å². The van der Waals surface area contributed by atoms with Crippen LogP contribution in [-0.2, 0) is 13.6 Å². The lowest BCUT2D eigenvalue weighted by Crippen LogP contribution is -2.32. The lowest BCUT2D eigenvalue weighted by Gasteiger charge is -2.03. The number of hydrogen-bond acceptors (Lipinski definition) is 6. The summed E-state index contributed by atoms with van der Waals surface area (Å²) in [6.45, 7) is 0.486. The third-order valence-electron chi connectivity index (χ3n) is 3.34. The smallest absolute Gasteiger partial charge is 0.346 e. The summed E-state index contributed by atoms with van der Waals surface area (Å²) >= 11 is 0. The van der Waals surface area contributed by atoms with Crippen LogP contribution in [-0.4, -0.2) is 41.8 Å². The van der Waals surface area contributed by atoms with Gasteiger partial charge >= 0.3 is 5.69 Å². The number of amides is 1. The van der Waals surface area contributed by atoms with Gasteiger partial charge in [0.25, 0.3) is 5.91 Å². The summed E-state index contributed by atoms with van der Waals surface area (Å²) in [7, 11) is 1.63. The highest BCUT2D eigenvalue weighted by molar-refractivity contribution is 5.91. The zero-order chi connectivity index (χ0) is 16.9. The highest BCUT2D eigenvalue weighted by Gasteiger charge is 2.13. The van der Waals surface area contributed by atoms with Gasteiger partial charge in [0.05, 0.1) is 12.7 Å². The van der Waals surface area contributed by atoms with E-state index < -0.39 is 0 Å². The first-order valence-electron chi connectivity index (χ1n) is 7.26. The van der Waals surface area contributed by atoms with Crippen molar-refractivity contribution in [2.24, 2.45) is 7.05 Å². The van der Waals surface area contributed by atoms with Gasteiger partial charge in [0.1, 0.15) is 11.4 Å². The van der Waals surface area contributed by atoms with Gasteiger partial charge in [-0.3, -0.25) is 19.3 Å². The third kappa shape index (κ3) is 3.19. The maximum absolute atomic E-state index is 12.2. The van der Waals surface area contributed by atoms with Crippen LogP contribution >= 0.6 is 0 Å². The molecule has 122 valence electrons. The standard InChI is InChI=1S/C15H15N7O2/c1-21-13(11-4-2-3-5-17-11)20-22(15(21)24)9-8-19-14(23)12-10-16-6-7-18-12/h2-7,10H,8-9H2,1H3,(H,19,23). The molecule has 0 fully saturated rings. The van der Waals surface area contributed by atoms with Gasteiger partial charge in [0, 0.05) is 32.2 Å². The molecule has 0 saturated carbocycles. The fourth-order valence-electron chi connectivity index (χ4n) is 2.13. The van der Waals surface area contributed by atoms with Crippen molar-refractivity contribution in [2.45, 2.75) is 6.54 Å². The van der Waals surface area contributed by atoms with Gasteiger partial charge < -0.3 is 5.32 Å². The molecule has 9 nitrogen and oxygen atoms in total. The molecule has 3 heterocycles. The molecule has 3 aromatic rings. The Kier molecular flexibility index (Phi) is 4.41. The number of nitrogens with zero attached hydrogens (tertiary/aromatic N) is 6. The average Bonchev–Trinajstić information content (AvgIpc) is 2.92. The van der Waals surface area contributed by atoms with E-state index in [4.69, 9.17) is 0 Å². The van der Waals surface area contributed by atoms with Gasteiger partial charge in [-0.1, -0.05) is 6.07 Å². The minimum absolute atomic E-state index is 0.222. The summed E-state index contributed by atoms with van der Waals surface area (Å²) in [5.41, 5.74) is 0.559. The molecule has 9 heteroatoms. The number of nitrogens with one attached hydrogen (secondary N) is 1. The van der Waals surface area contributed by atoms with Crippen LogP contribution in [0.4, 0.5) is 0 Å². The summed E-state index contributed by atoms with van der Waals surface area (Å²) in [6.07, 6.45) is 5.95. The maximum Gasteiger partial charge on any atom is 0.346 e. The monoisotopic (exact) mass is 325 g/mol. The van der Waals surface area contributed by atoms with E-state index in [9.17, 15) is 9.59 Å². The number of rotatable bonds is 5. The lowest BCUT2D eigenvalue weighted by atomic mass is 10.3. The predicted molar refractivity (Wildman–Crippen MR) is 85.1 cm³/mol. The summed E-state index contributed by atoms with van der Waals surface area (Å²) in [6, 6.07) is 5.40. The SMILES string of the molecule is Cn1c(-c2ccccn2)nn(CCNC(=O)c2cnccn2)c1=O. The van der Waals surface area contributed by atoms with Crippen LogP contribution in [0.5, 0.6) is 0 Å². The van der Waals surface area contributed by atoms with Crippen LogP contribution in [0.15, 0.2) is 47.8 Å². The zero-order valence-corrected chi connectivity index (χ0v) is 13.0. The van der Waals surface area contributed by atoms with Crippen LogP contribution < -0.4 is 11.0 Å². The van der Waals surface area contributed by atoms with Gasteiger partial charge in [-0.2, -0.15) is 0 Å². The van der Waals surface area contributed by atoms with Crippen LogP contribution in [0, 0.1) is 0 Å². The van der Waals surface area contributed by atoms with E-state index in [2.05, 4.69) is 25.4 Å². The van der Waals surface area contributed by atoms with Crippen LogP contribution in [0.1, 0.15) is 10.5 Å². The minimum Gasteiger partial charge on any atom is -0.349 e. The highest BCUT2D eigenvalue weighted by atomic mass is 16.2. The first kappa shape index (κ1) is 15.5. The maximum atomic E-state index is 12.2. The van der Waals surface area contributed by atoms with Crippen LogP contribution in [0.2, 0.25) is 0 Å². The number of carbonyl (C=O) groups is 1. The van der Waals surface area contributed by atoms with Gasteiger partial charge in [0.15, 0.2) is 5.82 Å². The van der Waals surface area contributed by atoms with E-state index in [1.54, 1.807) is 25.4 Å². The minimum atomic E-state index is -0.350. The van der Waals surface area contributed by atoms with E-state index in [1.165, 1.54) is 27.8 Å². The molecular formula is C15H15N7O2. The zero-order valence-electron chi connectivity index (χ0n) is 13.0. The Labute approximate surface area is 137 Å². The Hall–Kier alpha value is -3.36. The van der Waals surface area contributed by atoms with Crippen molar-refractivity contribution < 1.29 is 4.79 Å². The van der Waals surface area contributed by atoms with Crippen molar-refractivity contribution >= 4 is 5.91 Å². The number of aromatic nitrogens is 6. The highest BCUT2D eigenvalue weighted by Crippen LogP contribution is 2.10. The van der Waals surface area contributed by atoms with Gasteiger partial charge in [-0.25, -0.2) is 14.5 Å². The molecule has 0 aliphatic rings. The Bertz CT molecular complexity index is 887. The molecule has 0 aliphatic heterocycles. The topological polar surface area (TPSA) is 108 Å². The van der Waals surface area contributed by atoms with Crippen molar-refractivity contribution in [2.75, 3.05) is 6.54 Å². The molecule has 0 bridgehead atoms. The van der Waals surface area contributed by atoms with Crippen molar-refractivity contribution in [3.05, 3.63) is 59.2 Å². The number of pyridine rings is 1. The lowest BCUT2D eigenvalue weighted by molar-refractivity contribution is 0.0946. The molecule has 0 atom stereocenters. The summed E-state index contributed by atoms with van der Waals surface area (Å²) in [5.74, 6) is 0.123. The predicted octanol–water partition coefficient (Wildman–Crippen LogP) is -0.136. The molecule has 1 amide bonds. The molecule has 3 rings (SSSR count). The number of hydrogen-bond donors (Lipinski definition) is 1. The second-order valence-corrected chi connectivity index (χ2v) is 4.95. The normalized spacial score (nSPS) is 10.5. The molecule has 0 aliphatic carbocycles. The molecule has 1 N–H and O–H groups in total. The molecule has 0 spiro atoms. The van der Waals surface area contributed by atoms with Gasteiger partial charge in [-0.15, -0.1) is 5.10 Å². The van der Waals surface area contributed by atoms with Gasteiger partial charge in [0.2, 0.25) is 0 Å². The van der Waals surface area contributed by atoms with Crippen LogP contribution in [0.3, 0.4) is 0 Å². The number of carbonyl (C=O) groups excluding carboxylic acids is 1. The molecule has 3 aromatic heterocycles. The van der Waals surface area contributed by atoms with E-state index in [0.29, 0.717) is 11.5 Å². The quantitative estimate of drug-likeness (QED) is 0.700. The molecule has 0 radical (unpaired) electrons. The molecule has 0 unspecified atom stereocenters. The van der Waals surface area contributed by atoms with E-state index in [1.807, 2.05) is 6.07 Å². The Morgan fingerprint density at radius 2 is 2.08 bits per heavy atom. The molecule has 0 aromatic carbocycles. The largest absolute Gasteiger partial charge is 0.349 e. The summed E-state index contributed by atoms with van der Waals surface area (Å²) < 4.78 is 2.72. The fourth-order valence-corrected chi connectivity index (χ4v) is 2.13. The van der Waals surface area contributed by atoms with E-state index >= 15 is 0 Å². The average molecular weight is 325 g/mol. The summed E-state index contributed by atoms with van der Waals surface area (Å²) in [4.78, 5) is 36.0. The van der Waals surface area contributed by atoms with Crippen molar-refractivity contribution in [3.8, 4) is 11.5 Å². The van der Waals surface area contributed by atoms with Gasteiger partial charge in [-0.05, 0) is 12.1 Å². The first-order chi connectivity index (χ1) is 11.7. The van der Waals surface area contributed by atoms with E-state index in [-0.39, 0.29) is 30.4 Å². The first-order valence-corrected chi connectivity index (χ1v) is 7.26. The van der Waals surface area contributed by atoms with Crippen molar-refractivity contribution in [3.63, 3.8) is 0 Å². The summed E-state index contributed by atoms with van der Waals surface area (Å²) in [5, 5.41) is 6.95. The molecular weight excluding hydrogens is 310 g/mol. The second kappa shape index (κ2) is 6.82. The second-order valence-electron chi connectivity index (χ2n) is 4.95. The van der Waals surface area contributed by atoms with Crippen molar-refractivity contribution in [1.82, 2.24) is 34.6 Å². The van der Waals surface area contributed by atoms with Crippen LogP contribution in [0.25, 0.3) is 11.5 Å². The van der Waals surface area contributed by atoms with E-state index in [0.717, 1.165) is 0 Å². The third-order valence-corrected chi connectivity index (χ3v) is 3.34. The molecule has 0 saturated heterocycles. The molecule has 24 heavy (non-hydrogen) atoms.